The number of non-ortho nitro benzene ring substituents is 1. The number of rotatable bonds is 3. The SMILES string of the molecule is CCC1COCCN1c1ccc([N+](=O)[O-])cc1Cl. The van der Waals surface area contributed by atoms with Crippen molar-refractivity contribution in [3.8, 4) is 0 Å². The summed E-state index contributed by atoms with van der Waals surface area (Å²) in [5.74, 6) is 0. The normalized spacial score (nSPS) is 19.9. The van der Waals surface area contributed by atoms with E-state index in [-0.39, 0.29) is 11.7 Å². The molecule has 98 valence electrons. The number of halogens is 1. The second-order valence-electron chi connectivity index (χ2n) is 4.22. The maximum atomic E-state index is 10.7. The summed E-state index contributed by atoms with van der Waals surface area (Å²) in [6.45, 7) is 4.18. The number of ether oxygens (including phenoxy) is 1. The first-order chi connectivity index (χ1) is 8.63. The van der Waals surface area contributed by atoms with E-state index in [4.69, 9.17) is 16.3 Å². The van der Waals surface area contributed by atoms with E-state index >= 15 is 0 Å². The van der Waals surface area contributed by atoms with Gasteiger partial charge in [0.1, 0.15) is 0 Å². The molecule has 0 aromatic heterocycles. The number of anilines is 1. The van der Waals surface area contributed by atoms with Crippen LogP contribution in [0.5, 0.6) is 0 Å². The predicted molar refractivity (Wildman–Crippen MR) is 70.4 cm³/mol. The number of nitro groups is 1. The average molecular weight is 271 g/mol. The highest BCUT2D eigenvalue weighted by Crippen LogP contribution is 2.32. The summed E-state index contributed by atoms with van der Waals surface area (Å²) in [5.41, 5.74) is 0.863. The molecule has 1 unspecified atom stereocenters. The predicted octanol–water partition coefficient (Wildman–Crippen LogP) is 2.86. The Labute approximate surface area is 110 Å². The molecule has 1 saturated heterocycles. The summed E-state index contributed by atoms with van der Waals surface area (Å²) < 4.78 is 5.43. The number of nitro benzene ring substituents is 1. The molecule has 0 aliphatic carbocycles. The smallest absolute Gasteiger partial charge is 0.271 e. The van der Waals surface area contributed by atoms with E-state index in [1.54, 1.807) is 6.07 Å². The molecule has 0 bridgehead atoms. The summed E-state index contributed by atoms with van der Waals surface area (Å²) in [5, 5.41) is 11.1. The monoisotopic (exact) mass is 270 g/mol. The highest BCUT2D eigenvalue weighted by molar-refractivity contribution is 6.33. The Kier molecular flexibility index (Phi) is 4.04. The van der Waals surface area contributed by atoms with Gasteiger partial charge in [-0.05, 0) is 12.5 Å². The molecule has 1 aromatic carbocycles. The number of benzene rings is 1. The van der Waals surface area contributed by atoms with Crippen LogP contribution in [0, 0.1) is 10.1 Å². The van der Waals surface area contributed by atoms with Gasteiger partial charge in [-0.15, -0.1) is 0 Å². The van der Waals surface area contributed by atoms with Crippen LogP contribution >= 0.6 is 11.6 Å². The molecule has 1 aliphatic rings. The number of morpholine rings is 1. The van der Waals surface area contributed by atoms with Crippen molar-refractivity contribution < 1.29 is 9.66 Å². The number of hydrogen-bond acceptors (Lipinski definition) is 4. The molecule has 1 atom stereocenters. The zero-order chi connectivity index (χ0) is 13.1. The van der Waals surface area contributed by atoms with Crippen molar-refractivity contribution in [2.24, 2.45) is 0 Å². The van der Waals surface area contributed by atoms with E-state index in [1.807, 2.05) is 0 Å². The highest BCUT2D eigenvalue weighted by atomic mass is 35.5. The maximum absolute atomic E-state index is 10.7. The van der Waals surface area contributed by atoms with Gasteiger partial charge in [-0.2, -0.15) is 0 Å². The van der Waals surface area contributed by atoms with Crippen LogP contribution in [-0.4, -0.2) is 30.7 Å². The average Bonchev–Trinajstić information content (AvgIpc) is 2.38. The van der Waals surface area contributed by atoms with Crippen LogP contribution in [-0.2, 0) is 4.74 Å². The molecule has 5 nitrogen and oxygen atoms in total. The van der Waals surface area contributed by atoms with Crippen LogP contribution in [0.2, 0.25) is 5.02 Å². The lowest BCUT2D eigenvalue weighted by Crippen LogP contribution is -2.45. The summed E-state index contributed by atoms with van der Waals surface area (Å²) in [6.07, 6.45) is 0.952. The third-order valence-electron chi connectivity index (χ3n) is 3.15. The van der Waals surface area contributed by atoms with E-state index in [1.165, 1.54) is 12.1 Å². The van der Waals surface area contributed by atoms with Gasteiger partial charge in [-0.25, -0.2) is 0 Å². The van der Waals surface area contributed by atoms with Crippen molar-refractivity contribution in [3.63, 3.8) is 0 Å². The molecular weight excluding hydrogens is 256 g/mol. The van der Waals surface area contributed by atoms with Gasteiger partial charge in [0.15, 0.2) is 0 Å². The topological polar surface area (TPSA) is 55.6 Å². The first-order valence-corrected chi connectivity index (χ1v) is 6.29. The van der Waals surface area contributed by atoms with Crippen molar-refractivity contribution in [1.29, 1.82) is 0 Å². The first-order valence-electron chi connectivity index (χ1n) is 5.91. The van der Waals surface area contributed by atoms with Crippen molar-refractivity contribution in [3.05, 3.63) is 33.3 Å². The van der Waals surface area contributed by atoms with Crippen molar-refractivity contribution in [1.82, 2.24) is 0 Å². The molecule has 1 fully saturated rings. The van der Waals surface area contributed by atoms with E-state index in [2.05, 4.69) is 11.8 Å². The Morgan fingerprint density at radius 1 is 1.61 bits per heavy atom. The Hall–Kier alpha value is -1.33. The summed E-state index contributed by atoms with van der Waals surface area (Å²) >= 11 is 6.14. The van der Waals surface area contributed by atoms with E-state index < -0.39 is 4.92 Å². The molecule has 1 aliphatic heterocycles. The van der Waals surface area contributed by atoms with Crippen LogP contribution in [0.3, 0.4) is 0 Å². The van der Waals surface area contributed by atoms with Gasteiger partial charge in [-0.3, -0.25) is 10.1 Å². The van der Waals surface area contributed by atoms with Gasteiger partial charge in [0.25, 0.3) is 5.69 Å². The van der Waals surface area contributed by atoms with Gasteiger partial charge >= 0.3 is 0 Å². The zero-order valence-electron chi connectivity index (χ0n) is 10.1. The molecule has 18 heavy (non-hydrogen) atoms. The quantitative estimate of drug-likeness (QED) is 0.626. The molecule has 0 radical (unpaired) electrons. The standard InChI is InChI=1S/C12H15ClN2O3/c1-2-9-8-18-6-5-14(9)12-4-3-10(15(16)17)7-11(12)13/h3-4,7,9H,2,5-6,8H2,1H3. The van der Waals surface area contributed by atoms with Crippen LogP contribution in [0.25, 0.3) is 0 Å². The molecule has 6 heteroatoms. The van der Waals surface area contributed by atoms with Crippen molar-refractivity contribution in [2.75, 3.05) is 24.7 Å². The third kappa shape index (κ3) is 2.57. The van der Waals surface area contributed by atoms with Crippen LogP contribution in [0.15, 0.2) is 18.2 Å². The lowest BCUT2D eigenvalue weighted by atomic mass is 10.1. The van der Waals surface area contributed by atoms with E-state index in [0.717, 1.165) is 18.7 Å². The molecule has 0 amide bonds. The van der Waals surface area contributed by atoms with Crippen molar-refractivity contribution >= 4 is 23.0 Å². The minimum Gasteiger partial charge on any atom is -0.377 e. The minimum absolute atomic E-state index is 0.0186. The summed E-state index contributed by atoms with van der Waals surface area (Å²) in [6, 6.07) is 4.88. The Morgan fingerprint density at radius 2 is 2.39 bits per heavy atom. The Morgan fingerprint density at radius 3 is 3.00 bits per heavy atom. The molecule has 2 rings (SSSR count). The molecule has 1 heterocycles. The molecule has 0 spiro atoms. The number of hydrogen-bond donors (Lipinski definition) is 0. The van der Waals surface area contributed by atoms with Crippen LogP contribution in [0.4, 0.5) is 11.4 Å². The van der Waals surface area contributed by atoms with E-state index in [0.29, 0.717) is 18.2 Å². The second-order valence-corrected chi connectivity index (χ2v) is 4.63. The van der Waals surface area contributed by atoms with Gasteiger partial charge < -0.3 is 9.64 Å². The first kappa shape index (κ1) is 13.1. The van der Waals surface area contributed by atoms with Crippen LogP contribution in [0.1, 0.15) is 13.3 Å². The summed E-state index contributed by atoms with van der Waals surface area (Å²) in [4.78, 5) is 12.4. The number of nitrogens with zero attached hydrogens (tertiary/aromatic N) is 2. The van der Waals surface area contributed by atoms with Crippen LogP contribution < -0.4 is 4.90 Å². The third-order valence-corrected chi connectivity index (χ3v) is 3.45. The molecule has 0 N–H and O–H groups in total. The molecular formula is C12H15ClN2O3. The Bertz CT molecular complexity index is 453. The molecule has 0 saturated carbocycles. The highest BCUT2D eigenvalue weighted by Gasteiger charge is 2.24. The fourth-order valence-electron chi connectivity index (χ4n) is 2.15. The fraction of sp³-hybridized carbons (Fsp3) is 0.500. The largest absolute Gasteiger partial charge is 0.377 e. The maximum Gasteiger partial charge on any atom is 0.271 e. The van der Waals surface area contributed by atoms with Gasteiger partial charge in [0.2, 0.25) is 0 Å². The minimum atomic E-state index is -0.438. The second kappa shape index (κ2) is 5.54. The van der Waals surface area contributed by atoms with Gasteiger partial charge in [0, 0.05) is 18.7 Å². The lowest BCUT2D eigenvalue weighted by molar-refractivity contribution is -0.384. The molecule has 1 aromatic rings. The van der Waals surface area contributed by atoms with Crippen molar-refractivity contribution in [2.45, 2.75) is 19.4 Å². The fourth-order valence-corrected chi connectivity index (χ4v) is 2.44. The Balaban J connectivity index is 2.29. The summed E-state index contributed by atoms with van der Waals surface area (Å²) in [7, 11) is 0. The van der Waals surface area contributed by atoms with Gasteiger partial charge in [0.05, 0.1) is 34.9 Å². The zero-order valence-corrected chi connectivity index (χ0v) is 10.9. The van der Waals surface area contributed by atoms with Gasteiger partial charge in [-0.1, -0.05) is 18.5 Å². The van der Waals surface area contributed by atoms with E-state index in [9.17, 15) is 10.1 Å². The lowest BCUT2D eigenvalue weighted by Gasteiger charge is -2.37.